The number of methoxy groups -OCH3 is 1. The predicted molar refractivity (Wildman–Crippen MR) is 108 cm³/mol. The van der Waals surface area contributed by atoms with E-state index in [-0.39, 0.29) is 23.4 Å². The summed E-state index contributed by atoms with van der Waals surface area (Å²) in [4.78, 5) is 24.4. The molecule has 0 aliphatic heterocycles. The Labute approximate surface area is 170 Å². The lowest BCUT2D eigenvalue weighted by Crippen LogP contribution is -2.22. The molecule has 0 saturated heterocycles. The third-order valence-corrected chi connectivity index (χ3v) is 5.06. The van der Waals surface area contributed by atoms with Crippen LogP contribution in [0.5, 0.6) is 5.75 Å². The molecular formula is C21H19ClFNO5. The van der Waals surface area contributed by atoms with E-state index >= 15 is 0 Å². The van der Waals surface area contributed by atoms with E-state index < -0.39 is 28.8 Å². The van der Waals surface area contributed by atoms with Crippen molar-refractivity contribution in [1.29, 1.82) is 0 Å². The maximum absolute atomic E-state index is 14.3. The van der Waals surface area contributed by atoms with Crippen molar-refractivity contribution in [3.8, 4) is 5.75 Å². The van der Waals surface area contributed by atoms with Crippen LogP contribution in [0.3, 0.4) is 0 Å². The Kier molecular flexibility index (Phi) is 5.91. The Morgan fingerprint density at radius 2 is 2.07 bits per heavy atom. The second kappa shape index (κ2) is 8.23. The Hall–Kier alpha value is -2.90. The number of aromatic nitrogens is 1. The summed E-state index contributed by atoms with van der Waals surface area (Å²) in [6.07, 6.45) is 1.33. The van der Waals surface area contributed by atoms with Crippen LogP contribution in [0.2, 0.25) is 5.02 Å². The van der Waals surface area contributed by atoms with E-state index in [1.807, 2.05) is 0 Å². The lowest BCUT2D eigenvalue weighted by molar-refractivity contribution is 0.0694. The van der Waals surface area contributed by atoms with E-state index in [1.54, 1.807) is 25.1 Å². The van der Waals surface area contributed by atoms with Gasteiger partial charge in [-0.15, -0.1) is 0 Å². The van der Waals surface area contributed by atoms with Gasteiger partial charge in [0.25, 0.3) is 0 Å². The van der Waals surface area contributed by atoms with Crippen LogP contribution in [-0.2, 0) is 6.42 Å². The minimum atomic E-state index is -1.37. The van der Waals surface area contributed by atoms with Crippen LogP contribution in [0.25, 0.3) is 10.9 Å². The number of nitrogens with zero attached hydrogens (tertiary/aromatic N) is 1. The number of aromatic carboxylic acids is 1. The number of halogens is 2. The molecule has 0 fully saturated rings. The summed E-state index contributed by atoms with van der Waals surface area (Å²) in [5.41, 5.74) is 0.140. The molecule has 29 heavy (non-hydrogen) atoms. The number of pyridine rings is 1. The molecule has 0 spiro atoms. The van der Waals surface area contributed by atoms with Crippen molar-refractivity contribution in [2.75, 3.05) is 13.7 Å². The van der Waals surface area contributed by atoms with Crippen molar-refractivity contribution in [3.63, 3.8) is 0 Å². The normalized spacial score (nSPS) is 12.2. The maximum atomic E-state index is 14.3. The molecular weight excluding hydrogens is 401 g/mol. The third-order valence-electron chi connectivity index (χ3n) is 4.77. The van der Waals surface area contributed by atoms with Crippen molar-refractivity contribution in [2.45, 2.75) is 19.4 Å². The second-order valence-corrected chi connectivity index (χ2v) is 7.11. The van der Waals surface area contributed by atoms with Crippen molar-refractivity contribution in [2.24, 2.45) is 0 Å². The number of hydrogen-bond acceptors (Lipinski definition) is 4. The fourth-order valence-corrected chi connectivity index (χ4v) is 3.46. The van der Waals surface area contributed by atoms with Gasteiger partial charge in [0.05, 0.1) is 35.7 Å². The predicted octanol–water partition coefficient (Wildman–Crippen LogP) is 3.64. The molecule has 0 bridgehead atoms. The van der Waals surface area contributed by atoms with E-state index in [0.717, 1.165) is 0 Å². The Bertz CT molecular complexity index is 1160. The molecule has 0 amide bonds. The number of rotatable bonds is 6. The van der Waals surface area contributed by atoms with Gasteiger partial charge in [-0.3, -0.25) is 4.79 Å². The van der Waals surface area contributed by atoms with Gasteiger partial charge in [0, 0.05) is 12.6 Å². The number of benzene rings is 2. The summed E-state index contributed by atoms with van der Waals surface area (Å²) >= 11 is 5.84. The molecule has 152 valence electrons. The summed E-state index contributed by atoms with van der Waals surface area (Å²) in [7, 11) is 1.42. The molecule has 0 radical (unpaired) electrons. The van der Waals surface area contributed by atoms with Gasteiger partial charge < -0.3 is 19.5 Å². The fraction of sp³-hybridized carbons (Fsp3) is 0.238. The summed E-state index contributed by atoms with van der Waals surface area (Å²) in [5.74, 6) is -1.62. The smallest absolute Gasteiger partial charge is 0.341 e. The standard InChI is InChI=1S/C21H19ClFNO5/c1-11(10-25)24-9-15(21(27)28)20(26)14-7-12(8-17(29-2)19(14)24)6-13-4-3-5-16(22)18(13)23/h3-5,7-9,11,25H,6,10H2,1-2H3,(H,27,28). The monoisotopic (exact) mass is 419 g/mol. The maximum Gasteiger partial charge on any atom is 0.341 e. The molecule has 6 nitrogen and oxygen atoms in total. The molecule has 2 aromatic carbocycles. The van der Waals surface area contributed by atoms with Gasteiger partial charge in [-0.25, -0.2) is 9.18 Å². The second-order valence-electron chi connectivity index (χ2n) is 6.70. The van der Waals surface area contributed by atoms with Gasteiger partial charge in [-0.2, -0.15) is 0 Å². The first-order chi connectivity index (χ1) is 13.8. The highest BCUT2D eigenvalue weighted by atomic mass is 35.5. The van der Waals surface area contributed by atoms with Gasteiger partial charge in [-0.1, -0.05) is 23.7 Å². The summed E-state index contributed by atoms with van der Waals surface area (Å²) < 4.78 is 21.3. The van der Waals surface area contributed by atoms with Crippen molar-refractivity contribution in [1.82, 2.24) is 4.57 Å². The largest absolute Gasteiger partial charge is 0.495 e. The Balaban J connectivity index is 2.31. The first kappa shape index (κ1) is 20.8. The minimum Gasteiger partial charge on any atom is -0.495 e. The van der Waals surface area contributed by atoms with Gasteiger partial charge in [0.15, 0.2) is 0 Å². The average Bonchev–Trinajstić information content (AvgIpc) is 2.70. The zero-order chi connectivity index (χ0) is 21.3. The molecule has 0 saturated carbocycles. The average molecular weight is 420 g/mol. The number of carboxylic acid groups (broad SMARTS) is 1. The van der Waals surface area contributed by atoms with E-state index in [0.29, 0.717) is 22.4 Å². The minimum absolute atomic E-state index is 0.0115. The quantitative estimate of drug-likeness (QED) is 0.636. The highest BCUT2D eigenvalue weighted by molar-refractivity contribution is 6.30. The van der Waals surface area contributed by atoms with Crippen LogP contribution >= 0.6 is 11.6 Å². The van der Waals surface area contributed by atoms with Crippen LogP contribution in [0.1, 0.15) is 34.5 Å². The van der Waals surface area contributed by atoms with E-state index in [2.05, 4.69) is 0 Å². The van der Waals surface area contributed by atoms with Crippen molar-refractivity contribution >= 4 is 28.5 Å². The Morgan fingerprint density at radius 1 is 1.34 bits per heavy atom. The highest BCUT2D eigenvalue weighted by Crippen LogP contribution is 2.30. The van der Waals surface area contributed by atoms with Crippen LogP contribution in [0, 0.1) is 5.82 Å². The fourth-order valence-electron chi connectivity index (χ4n) is 3.26. The van der Waals surface area contributed by atoms with E-state index in [4.69, 9.17) is 16.3 Å². The SMILES string of the molecule is COc1cc(Cc2cccc(Cl)c2F)cc2c(=O)c(C(=O)O)cn(C(C)CO)c12. The van der Waals surface area contributed by atoms with Gasteiger partial charge in [-0.05, 0) is 36.2 Å². The number of ether oxygens (including phenoxy) is 1. The highest BCUT2D eigenvalue weighted by Gasteiger charge is 2.21. The van der Waals surface area contributed by atoms with Crippen molar-refractivity contribution < 1.29 is 24.1 Å². The van der Waals surface area contributed by atoms with Crippen LogP contribution in [0.4, 0.5) is 4.39 Å². The van der Waals surface area contributed by atoms with E-state index in [1.165, 1.54) is 30.0 Å². The lowest BCUT2D eigenvalue weighted by Gasteiger charge is -2.20. The Morgan fingerprint density at radius 3 is 2.69 bits per heavy atom. The number of carbonyl (C=O) groups is 1. The molecule has 0 aliphatic carbocycles. The molecule has 3 rings (SSSR count). The number of carboxylic acids is 1. The molecule has 3 aromatic rings. The van der Waals surface area contributed by atoms with Crippen LogP contribution in [-0.4, -0.2) is 34.5 Å². The number of aliphatic hydroxyl groups is 1. The van der Waals surface area contributed by atoms with E-state index in [9.17, 15) is 24.2 Å². The zero-order valence-electron chi connectivity index (χ0n) is 15.8. The molecule has 1 unspecified atom stereocenters. The molecule has 2 N–H and O–H groups in total. The van der Waals surface area contributed by atoms with Gasteiger partial charge in [0.1, 0.15) is 17.1 Å². The number of fused-ring (bicyclic) bond motifs is 1. The molecule has 0 aliphatic rings. The molecule has 1 atom stereocenters. The summed E-state index contributed by atoms with van der Waals surface area (Å²) in [6, 6.07) is 7.32. The summed E-state index contributed by atoms with van der Waals surface area (Å²) in [6.45, 7) is 1.42. The molecule has 8 heteroatoms. The van der Waals surface area contributed by atoms with Crippen LogP contribution < -0.4 is 10.2 Å². The van der Waals surface area contributed by atoms with Crippen molar-refractivity contribution in [3.05, 3.63) is 74.3 Å². The number of aliphatic hydroxyl groups excluding tert-OH is 1. The third kappa shape index (κ3) is 3.83. The zero-order valence-corrected chi connectivity index (χ0v) is 16.5. The lowest BCUT2D eigenvalue weighted by atomic mass is 10.0. The first-order valence-electron chi connectivity index (χ1n) is 8.81. The van der Waals surface area contributed by atoms with Crippen LogP contribution in [0.15, 0.2) is 41.3 Å². The molecule has 1 heterocycles. The number of hydrogen-bond donors (Lipinski definition) is 2. The summed E-state index contributed by atoms with van der Waals surface area (Å²) in [5, 5.41) is 19.1. The first-order valence-corrected chi connectivity index (χ1v) is 9.19. The topological polar surface area (TPSA) is 88.8 Å². The molecule has 1 aromatic heterocycles. The van der Waals surface area contributed by atoms with Gasteiger partial charge in [0.2, 0.25) is 5.43 Å². The van der Waals surface area contributed by atoms with Gasteiger partial charge >= 0.3 is 5.97 Å².